The summed E-state index contributed by atoms with van der Waals surface area (Å²) in [4.78, 5) is 0. The van der Waals surface area contributed by atoms with Gasteiger partial charge in [0.15, 0.2) is 0 Å². The lowest BCUT2D eigenvalue weighted by Crippen LogP contribution is -2.31. The molecule has 0 amide bonds. The van der Waals surface area contributed by atoms with Crippen molar-refractivity contribution in [1.29, 1.82) is 0 Å². The lowest BCUT2D eigenvalue weighted by atomic mass is 9.95. The van der Waals surface area contributed by atoms with Gasteiger partial charge >= 0.3 is 0 Å². The molecule has 1 aromatic rings. The van der Waals surface area contributed by atoms with E-state index in [0.717, 1.165) is 16.9 Å². The smallest absolute Gasteiger partial charge is 0.122 e. The number of nitrogens with one attached hydrogen (secondary N) is 1. The van der Waals surface area contributed by atoms with E-state index in [-0.39, 0.29) is 6.04 Å². The molecule has 0 heterocycles. The second-order valence-corrected chi connectivity index (χ2v) is 4.12. The first-order valence-electron chi connectivity index (χ1n) is 5.20. The first kappa shape index (κ1) is 12.0. The van der Waals surface area contributed by atoms with Crippen LogP contribution in [0.1, 0.15) is 31.0 Å². The number of hydrogen-bond acceptors (Lipinski definition) is 3. The molecule has 0 fully saturated rings. The van der Waals surface area contributed by atoms with Crippen molar-refractivity contribution < 1.29 is 4.74 Å². The molecule has 0 saturated carbocycles. The number of nitrogens with two attached hydrogens (primary N) is 1. The lowest BCUT2D eigenvalue weighted by molar-refractivity contribution is 0.400. The molecule has 15 heavy (non-hydrogen) atoms. The Morgan fingerprint density at radius 1 is 1.33 bits per heavy atom. The number of benzene rings is 1. The maximum atomic E-state index is 5.54. The van der Waals surface area contributed by atoms with Crippen LogP contribution in [0, 0.1) is 12.8 Å². The molecule has 1 atom stereocenters. The van der Waals surface area contributed by atoms with Gasteiger partial charge in [-0.05, 0) is 30.0 Å². The van der Waals surface area contributed by atoms with Gasteiger partial charge in [0.05, 0.1) is 7.11 Å². The van der Waals surface area contributed by atoms with Gasteiger partial charge in [0.1, 0.15) is 5.75 Å². The normalized spacial score (nSPS) is 12.9. The van der Waals surface area contributed by atoms with Crippen LogP contribution in [0.4, 0.5) is 0 Å². The van der Waals surface area contributed by atoms with E-state index in [9.17, 15) is 0 Å². The van der Waals surface area contributed by atoms with Gasteiger partial charge in [0.2, 0.25) is 0 Å². The molecule has 3 N–H and O–H groups in total. The van der Waals surface area contributed by atoms with Crippen molar-refractivity contribution in [3.8, 4) is 5.75 Å². The average molecular weight is 208 g/mol. The summed E-state index contributed by atoms with van der Waals surface area (Å²) in [5.74, 6) is 6.90. The number of hydrazine groups is 1. The molecule has 0 radical (unpaired) electrons. The van der Waals surface area contributed by atoms with Gasteiger partial charge in [-0.1, -0.05) is 26.0 Å². The standard InChI is InChI=1S/C12H20N2O/c1-8(2)12(14-13)10-6-5-9(3)11(7-10)15-4/h5-8,12,14H,13H2,1-4H3. The monoisotopic (exact) mass is 208 g/mol. The van der Waals surface area contributed by atoms with Crippen molar-refractivity contribution in [2.75, 3.05) is 7.11 Å². The van der Waals surface area contributed by atoms with Gasteiger partial charge in [0.25, 0.3) is 0 Å². The average Bonchev–Trinajstić information content (AvgIpc) is 2.21. The molecular formula is C12H20N2O. The van der Waals surface area contributed by atoms with Crippen molar-refractivity contribution in [3.05, 3.63) is 29.3 Å². The molecule has 0 aliphatic heterocycles. The van der Waals surface area contributed by atoms with Crippen molar-refractivity contribution in [2.24, 2.45) is 11.8 Å². The van der Waals surface area contributed by atoms with Crippen molar-refractivity contribution >= 4 is 0 Å². The largest absolute Gasteiger partial charge is 0.496 e. The minimum Gasteiger partial charge on any atom is -0.496 e. The number of rotatable bonds is 4. The number of hydrogen-bond donors (Lipinski definition) is 2. The molecule has 0 spiro atoms. The SMILES string of the molecule is COc1cc(C(NN)C(C)C)ccc1C. The maximum absolute atomic E-state index is 5.54. The summed E-state index contributed by atoms with van der Waals surface area (Å²) in [6, 6.07) is 6.35. The van der Waals surface area contributed by atoms with Gasteiger partial charge in [0, 0.05) is 6.04 Å². The molecule has 0 saturated heterocycles. The molecular weight excluding hydrogens is 188 g/mol. The third-order valence-corrected chi connectivity index (χ3v) is 2.64. The predicted molar refractivity (Wildman–Crippen MR) is 62.6 cm³/mol. The summed E-state index contributed by atoms with van der Waals surface area (Å²) < 4.78 is 5.29. The van der Waals surface area contributed by atoms with Crippen molar-refractivity contribution in [1.82, 2.24) is 5.43 Å². The summed E-state index contributed by atoms with van der Waals surface area (Å²) in [5.41, 5.74) is 5.13. The lowest BCUT2D eigenvalue weighted by Gasteiger charge is -2.21. The number of methoxy groups -OCH3 is 1. The highest BCUT2D eigenvalue weighted by molar-refractivity contribution is 5.37. The zero-order valence-electron chi connectivity index (χ0n) is 9.87. The molecule has 3 nitrogen and oxygen atoms in total. The Labute approximate surface area is 91.6 Å². The minimum absolute atomic E-state index is 0.166. The van der Waals surface area contributed by atoms with Crippen LogP contribution in [0.2, 0.25) is 0 Å². The van der Waals surface area contributed by atoms with Gasteiger partial charge < -0.3 is 4.74 Å². The number of ether oxygens (including phenoxy) is 1. The molecule has 0 aliphatic carbocycles. The third-order valence-electron chi connectivity index (χ3n) is 2.64. The van der Waals surface area contributed by atoms with E-state index >= 15 is 0 Å². The molecule has 1 unspecified atom stereocenters. The second-order valence-electron chi connectivity index (χ2n) is 4.12. The summed E-state index contributed by atoms with van der Waals surface area (Å²) in [6.45, 7) is 6.30. The fraction of sp³-hybridized carbons (Fsp3) is 0.500. The van der Waals surface area contributed by atoms with Crippen LogP contribution in [0.25, 0.3) is 0 Å². The highest BCUT2D eigenvalue weighted by Crippen LogP contribution is 2.26. The van der Waals surface area contributed by atoms with Gasteiger partial charge in [-0.2, -0.15) is 0 Å². The van der Waals surface area contributed by atoms with E-state index in [0.29, 0.717) is 5.92 Å². The van der Waals surface area contributed by atoms with E-state index in [1.165, 1.54) is 0 Å². The van der Waals surface area contributed by atoms with Gasteiger partial charge in [-0.15, -0.1) is 0 Å². The highest BCUT2D eigenvalue weighted by Gasteiger charge is 2.14. The molecule has 1 rings (SSSR count). The molecule has 1 aromatic carbocycles. The van der Waals surface area contributed by atoms with Crippen LogP contribution in [0.15, 0.2) is 18.2 Å². The molecule has 0 aliphatic rings. The Balaban J connectivity index is 3.03. The topological polar surface area (TPSA) is 47.3 Å². The van der Waals surface area contributed by atoms with Crippen LogP contribution in [0.5, 0.6) is 5.75 Å². The zero-order chi connectivity index (χ0) is 11.4. The van der Waals surface area contributed by atoms with Crippen LogP contribution in [-0.4, -0.2) is 7.11 Å². The Morgan fingerprint density at radius 2 is 2.00 bits per heavy atom. The zero-order valence-corrected chi connectivity index (χ0v) is 9.87. The first-order valence-corrected chi connectivity index (χ1v) is 5.20. The van der Waals surface area contributed by atoms with Crippen LogP contribution in [-0.2, 0) is 0 Å². The minimum atomic E-state index is 0.166. The van der Waals surface area contributed by atoms with Crippen molar-refractivity contribution in [2.45, 2.75) is 26.8 Å². The number of aryl methyl sites for hydroxylation is 1. The van der Waals surface area contributed by atoms with E-state index in [2.05, 4.69) is 31.4 Å². The van der Waals surface area contributed by atoms with E-state index in [1.54, 1.807) is 7.11 Å². The fourth-order valence-electron chi connectivity index (χ4n) is 1.70. The summed E-state index contributed by atoms with van der Waals surface area (Å²) in [5, 5.41) is 0. The second kappa shape index (κ2) is 5.14. The molecule has 3 heteroatoms. The van der Waals surface area contributed by atoms with E-state index < -0.39 is 0 Å². The Hall–Kier alpha value is -1.06. The Bertz CT molecular complexity index is 323. The Kier molecular flexibility index (Phi) is 4.12. The van der Waals surface area contributed by atoms with Crippen LogP contribution < -0.4 is 16.0 Å². The Morgan fingerprint density at radius 3 is 2.47 bits per heavy atom. The first-order chi connectivity index (χ1) is 7.10. The third kappa shape index (κ3) is 2.70. The maximum Gasteiger partial charge on any atom is 0.122 e. The quantitative estimate of drug-likeness (QED) is 0.589. The summed E-state index contributed by atoms with van der Waals surface area (Å²) in [6.07, 6.45) is 0. The summed E-state index contributed by atoms with van der Waals surface area (Å²) in [7, 11) is 1.69. The van der Waals surface area contributed by atoms with Gasteiger partial charge in [-0.3, -0.25) is 11.3 Å². The highest BCUT2D eigenvalue weighted by atomic mass is 16.5. The fourth-order valence-corrected chi connectivity index (χ4v) is 1.70. The summed E-state index contributed by atoms with van der Waals surface area (Å²) >= 11 is 0. The van der Waals surface area contributed by atoms with Gasteiger partial charge in [-0.25, -0.2) is 0 Å². The van der Waals surface area contributed by atoms with Crippen molar-refractivity contribution in [3.63, 3.8) is 0 Å². The molecule has 0 aromatic heterocycles. The van der Waals surface area contributed by atoms with E-state index in [1.807, 2.05) is 13.0 Å². The predicted octanol–water partition coefficient (Wildman–Crippen LogP) is 2.16. The van der Waals surface area contributed by atoms with Crippen LogP contribution in [0.3, 0.4) is 0 Å². The molecule has 84 valence electrons. The van der Waals surface area contributed by atoms with Crippen LogP contribution >= 0.6 is 0 Å². The molecule has 0 bridgehead atoms. The van der Waals surface area contributed by atoms with E-state index in [4.69, 9.17) is 10.6 Å².